The molecule has 0 amide bonds. The predicted molar refractivity (Wildman–Crippen MR) is 64.1 cm³/mol. The molecule has 0 unspecified atom stereocenters. The van der Waals surface area contributed by atoms with Gasteiger partial charge in [0.2, 0.25) is 0 Å². The fraction of sp³-hybridized carbons (Fsp3) is 0.643. The highest BCUT2D eigenvalue weighted by molar-refractivity contribution is 4.87. The van der Waals surface area contributed by atoms with E-state index in [0.717, 1.165) is 0 Å². The molecule has 0 aliphatic heterocycles. The number of rotatable bonds is 0. The minimum absolute atomic E-state index is 1.25. The van der Waals surface area contributed by atoms with E-state index in [1.807, 2.05) is 0 Å². The minimum Gasteiger partial charge on any atom is -0.0885 e. The van der Waals surface area contributed by atoms with E-state index in [0.29, 0.717) is 0 Å². The van der Waals surface area contributed by atoms with Crippen LogP contribution < -0.4 is 0 Å². The molecule has 1 aliphatic carbocycles. The monoisotopic (exact) mass is 191 g/mol. The van der Waals surface area contributed by atoms with Crippen LogP contribution in [0.2, 0.25) is 0 Å². The maximum absolute atomic E-state index is 2.44. The van der Waals surface area contributed by atoms with Gasteiger partial charge >= 0.3 is 0 Å². The Labute approximate surface area is 89.1 Å². The molecule has 0 saturated carbocycles. The van der Waals surface area contributed by atoms with Gasteiger partial charge < -0.3 is 0 Å². The van der Waals surface area contributed by atoms with Gasteiger partial charge in [-0.15, -0.1) is 0 Å². The van der Waals surface area contributed by atoms with Gasteiger partial charge in [0.05, 0.1) is 0 Å². The Balaban J connectivity index is 2.16. The first-order valence-electron chi connectivity index (χ1n) is 6.12. The summed E-state index contributed by atoms with van der Waals surface area (Å²) in [6, 6.07) is 0. The zero-order chi connectivity index (χ0) is 9.90. The molecule has 0 bridgehead atoms. The van der Waals surface area contributed by atoms with Crippen LogP contribution >= 0.6 is 0 Å². The van der Waals surface area contributed by atoms with Crippen molar-refractivity contribution in [1.29, 1.82) is 0 Å². The van der Waals surface area contributed by atoms with Gasteiger partial charge in [-0.25, -0.2) is 0 Å². The van der Waals surface area contributed by atoms with E-state index in [-0.39, 0.29) is 0 Å². The van der Waals surface area contributed by atoms with E-state index in [1.165, 1.54) is 57.8 Å². The summed E-state index contributed by atoms with van der Waals surface area (Å²) in [6.45, 7) is 0. The van der Waals surface area contributed by atoms with Crippen molar-refractivity contribution in [1.82, 2.24) is 0 Å². The number of allylic oxidation sites excluding steroid dienone is 4. The quantitative estimate of drug-likeness (QED) is 0.481. The van der Waals surface area contributed by atoms with Crippen molar-refractivity contribution in [2.24, 2.45) is 0 Å². The van der Waals surface area contributed by atoms with Gasteiger partial charge in [-0.2, -0.15) is 0 Å². The van der Waals surface area contributed by atoms with Crippen LogP contribution in [0.3, 0.4) is 0 Å². The highest BCUT2D eigenvalue weighted by Crippen LogP contribution is 2.09. The molecule has 0 aromatic carbocycles. The molecule has 1 rings (SSSR count). The van der Waals surface area contributed by atoms with Gasteiger partial charge in [0, 0.05) is 0 Å². The molecule has 0 nitrogen and oxygen atoms in total. The van der Waals surface area contributed by atoms with Crippen molar-refractivity contribution in [3.63, 3.8) is 0 Å². The van der Waals surface area contributed by atoms with Crippen molar-refractivity contribution in [3.05, 3.63) is 30.7 Å². The molecule has 0 aromatic heterocycles. The van der Waals surface area contributed by atoms with Crippen molar-refractivity contribution in [3.8, 4) is 0 Å². The summed E-state index contributed by atoms with van der Waals surface area (Å²) in [5.41, 5.74) is 0. The van der Waals surface area contributed by atoms with Crippen LogP contribution in [-0.4, -0.2) is 0 Å². The largest absolute Gasteiger partial charge is 0.0885 e. The topological polar surface area (TPSA) is 0 Å². The van der Waals surface area contributed by atoms with Crippen LogP contribution in [0.15, 0.2) is 24.3 Å². The molecule has 1 radical (unpaired) electrons. The van der Waals surface area contributed by atoms with Crippen molar-refractivity contribution in [2.75, 3.05) is 0 Å². The Morgan fingerprint density at radius 2 is 1.00 bits per heavy atom. The number of hydrogen-bond donors (Lipinski definition) is 0. The van der Waals surface area contributed by atoms with Crippen LogP contribution in [-0.2, 0) is 0 Å². The summed E-state index contributed by atoms with van der Waals surface area (Å²) in [4.78, 5) is 0. The van der Waals surface area contributed by atoms with Crippen molar-refractivity contribution < 1.29 is 0 Å². The minimum atomic E-state index is 1.25. The molecule has 0 N–H and O–H groups in total. The maximum Gasteiger partial charge on any atom is -0.0348 e. The maximum atomic E-state index is 2.44. The van der Waals surface area contributed by atoms with E-state index in [4.69, 9.17) is 0 Å². The molecule has 0 saturated heterocycles. The molecular formula is C14H23. The van der Waals surface area contributed by atoms with Crippen LogP contribution in [0.25, 0.3) is 0 Å². The summed E-state index contributed by atoms with van der Waals surface area (Å²) in [6.07, 6.45) is 23.5. The highest BCUT2D eigenvalue weighted by atomic mass is 14.0. The van der Waals surface area contributed by atoms with Gasteiger partial charge in [0.25, 0.3) is 0 Å². The van der Waals surface area contributed by atoms with Gasteiger partial charge in [-0.3, -0.25) is 0 Å². The fourth-order valence-corrected chi connectivity index (χ4v) is 1.73. The molecule has 0 aromatic rings. The normalized spacial score (nSPS) is 26.3. The third-order valence-electron chi connectivity index (χ3n) is 2.64. The Kier molecular flexibility index (Phi) is 7.47. The second-order valence-corrected chi connectivity index (χ2v) is 4.02. The molecule has 0 heteroatoms. The van der Waals surface area contributed by atoms with E-state index >= 15 is 0 Å². The van der Waals surface area contributed by atoms with E-state index < -0.39 is 0 Å². The lowest BCUT2D eigenvalue weighted by Crippen LogP contribution is -1.80. The molecule has 14 heavy (non-hydrogen) atoms. The highest BCUT2D eigenvalue weighted by Gasteiger charge is 1.90. The molecule has 0 spiro atoms. The van der Waals surface area contributed by atoms with Crippen LogP contribution in [0.4, 0.5) is 0 Å². The smallest absolute Gasteiger partial charge is 0.0348 e. The summed E-state index contributed by atoms with van der Waals surface area (Å²) in [7, 11) is 0. The first kappa shape index (κ1) is 11.6. The third-order valence-corrected chi connectivity index (χ3v) is 2.64. The predicted octanol–water partition coefficient (Wildman–Crippen LogP) is 4.83. The fourth-order valence-electron chi connectivity index (χ4n) is 1.73. The van der Waals surface area contributed by atoms with E-state index in [9.17, 15) is 0 Å². The SMILES string of the molecule is [CH]1CC/C=C/CCC/C=C/CCCC1. The van der Waals surface area contributed by atoms with Gasteiger partial charge in [0.1, 0.15) is 0 Å². The van der Waals surface area contributed by atoms with Gasteiger partial charge in [-0.1, -0.05) is 37.1 Å². The Morgan fingerprint density at radius 1 is 0.429 bits per heavy atom. The van der Waals surface area contributed by atoms with E-state index in [2.05, 4.69) is 30.7 Å². The zero-order valence-electron chi connectivity index (χ0n) is 9.25. The first-order valence-corrected chi connectivity index (χ1v) is 6.12. The second kappa shape index (κ2) is 9.05. The molecule has 1 aliphatic rings. The molecule has 0 heterocycles. The Morgan fingerprint density at radius 3 is 1.79 bits per heavy atom. The number of hydrogen-bond acceptors (Lipinski definition) is 0. The Hall–Kier alpha value is -0.520. The average molecular weight is 191 g/mol. The average Bonchev–Trinajstić information content (AvgIpc) is 2.22. The zero-order valence-corrected chi connectivity index (χ0v) is 9.25. The molecule has 0 atom stereocenters. The first-order chi connectivity index (χ1) is 7.00. The summed E-state index contributed by atoms with van der Waals surface area (Å²) >= 11 is 0. The molecule has 79 valence electrons. The van der Waals surface area contributed by atoms with E-state index in [1.54, 1.807) is 0 Å². The van der Waals surface area contributed by atoms with Crippen LogP contribution in [0.1, 0.15) is 57.8 Å². The lowest BCUT2D eigenvalue weighted by Gasteiger charge is -1.99. The standard InChI is InChI=1S/C14H23/c1-2-4-6-8-10-12-14-13-11-9-7-5-3-1/h1-2,7,10,12H,3-6,8-9,11,13-14H2/b2-1+,12-10+. The molecule has 0 fully saturated rings. The molecular weight excluding hydrogens is 168 g/mol. The summed E-state index contributed by atoms with van der Waals surface area (Å²) < 4.78 is 0. The Bertz CT molecular complexity index is 147. The second-order valence-electron chi connectivity index (χ2n) is 4.02. The van der Waals surface area contributed by atoms with Crippen LogP contribution in [0, 0.1) is 6.42 Å². The lowest BCUT2D eigenvalue weighted by molar-refractivity contribution is 0.711. The third kappa shape index (κ3) is 6.94. The van der Waals surface area contributed by atoms with Crippen molar-refractivity contribution in [2.45, 2.75) is 57.8 Å². The van der Waals surface area contributed by atoms with Gasteiger partial charge in [0.15, 0.2) is 0 Å². The van der Waals surface area contributed by atoms with Crippen molar-refractivity contribution >= 4 is 0 Å². The summed E-state index contributed by atoms with van der Waals surface area (Å²) in [5, 5.41) is 0. The summed E-state index contributed by atoms with van der Waals surface area (Å²) in [5.74, 6) is 0. The van der Waals surface area contributed by atoms with Crippen LogP contribution in [0.5, 0.6) is 0 Å². The lowest BCUT2D eigenvalue weighted by atomic mass is 10.1. The van der Waals surface area contributed by atoms with Gasteiger partial charge in [-0.05, 0) is 51.4 Å².